The topological polar surface area (TPSA) is 77.8 Å². The van der Waals surface area contributed by atoms with Crippen LogP contribution in [-0.4, -0.2) is 26.7 Å². The van der Waals surface area contributed by atoms with Gasteiger partial charge >= 0.3 is 5.63 Å². The molecule has 152 valence electrons. The number of nitrogens with one attached hydrogen (secondary N) is 1. The van der Waals surface area contributed by atoms with Gasteiger partial charge in [-0.3, -0.25) is 4.79 Å². The van der Waals surface area contributed by atoms with Crippen molar-refractivity contribution in [2.45, 2.75) is 19.8 Å². The fraction of sp³-hybridized carbons (Fsp3) is 0.273. The van der Waals surface area contributed by atoms with Crippen LogP contribution in [0.2, 0.25) is 5.02 Å². The van der Waals surface area contributed by atoms with Gasteiger partial charge in [-0.25, -0.2) is 4.79 Å². The molecule has 0 aliphatic carbocycles. The van der Waals surface area contributed by atoms with Gasteiger partial charge in [-0.1, -0.05) is 23.7 Å². The zero-order valence-corrected chi connectivity index (χ0v) is 17.3. The third-order valence-corrected chi connectivity index (χ3v) is 5.06. The second kappa shape index (κ2) is 9.01. The highest BCUT2D eigenvalue weighted by molar-refractivity contribution is 6.32. The lowest BCUT2D eigenvalue weighted by molar-refractivity contribution is -0.120. The molecule has 0 fully saturated rings. The van der Waals surface area contributed by atoms with Gasteiger partial charge in [0.25, 0.3) is 0 Å². The smallest absolute Gasteiger partial charge is 0.340 e. The predicted molar refractivity (Wildman–Crippen MR) is 112 cm³/mol. The van der Waals surface area contributed by atoms with Crippen molar-refractivity contribution in [3.8, 4) is 11.5 Å². The second-order valence-corrected chi connectivity index (χ2v) is 7.01. The summed E-state index contributed by atoms with van der Waals surface area (Å²) in [5.74, 6) is 0.945. The van der Waals surface area contributed by atoms with Crippen molar-refractivity contribution < 1.29 is 18.7 Å². The van der Waals surface area contributed by atoms with Crippen LogP contribution in [0.1, 0.15) is 16.7 Å². The van der Waals surface area contributed by atoms with E-state index in [0.29, 0.717) is 45.8 Å². The number of hydrogen-bond donors (Lipinski definition) is 1. The molecular formula is C22H22ClNO5. The molecule has 3 aromatic rings. The maximum absolute atomic E-state index is 12.4. The minimum Gasteiger partial charge on any atom is -0.497 e. The number of carbonyl (C=O) groups is 1. The SMILES string of the molecule is COc1cccc(CCNC(=O)Cc2c(C)c3cc(Cl)c(OC)cc3oc2=O)c1. The largest absolute Gasteiger partial charge is 0.497 e. The van der Waals surface area contributed by atoms with E-state index >= 15 is 0 Å². The van der Waals surface area contributed by atoms with Crippen LogP contribution in [0.4, 0.5) is 0 Å². The molecule has 7 heteroatoms. The average molecular weight is 416 g/mol. The van der Waals surface area contributed by atoms with E-state index in [9.17, 15) is 9.59 Å². The first-order valence-electron chi connectivity index (χ1n) is 9.12. The molecule has 0 saturated carbocycles. The maximum Gasteiger partial charge on any atom is 0.340 e. The molecule has 2 aromatic carbocycles. The van der Waals surface area contributed by atoms with E-state index in [1.807, 2.05) is 24.3 Å². The molecular weight excluding hydrogens is 394 g/mol. The number of carbonyl (C=O) groups excluding carboxylic acids is 1. The number of methoxy groups -OCH3 is 2. The normalized spacial score (nSPS) is 10.8. The maximum atomic E-state index is 12.4. The van der Waals surface area contributed by atoms with Gasteiger partial charge in [0.05, 0.1) is 31.2 Å². The molecule has 3 rings (SSSR count). The molecule has 1 amide bonds. The van der Waals surface area contributed by atoms with Gasteiger partial charge in [0.2, 0.25) is 5.91 Å². The van der Waals surface area contributed by atoms with Crippen molar-refractivity contribution in [3.05, 3.63) is 68.5 Å². The Morgan fingerprint density at radius 3 is 2.69 bits per heavy atom. The molecule has 0 radical (unpaired) electrons. The molecule has 1 aromatic heterocycles. The minimum atomic E-state index is -0.540. The number of ether oxygens (including phenoxy) is 2. The lowest BCUT2D eigenvalue weighted by atomic mass is 10.0. The summed E-state index contributed by atoms with van der Waals surface area (Å²) in [6.45, 7) is 2.23. The highest BCUT2D eigenvalue weighted by atomic mass is 35.5. The van der Waals surface area contributed by atoms with Gasteiger partial charge in [0.15, 0.2) is 0 Å². The number of hydrogen-bond acceptors (Lipinski definition) is 5. The number of rotatable bonds is 7. The molecule has 0 aliphatic rings. The van der Waals surface area contributed by atoms with E-state index in [4.69, 9.17) is 25.5 Å². The van der Waals surface area contributed by atoms with Crippen molar-refractivity contribution in [3.63, 3.8) is 0 Å². The summed E-state index contributed by atoms with van der Waals surface area (Å²) in [7, 11) is 3.10. The van der Waals surface area contributed by atoms with Crippen LogP contribution in [0.3, 0.4) is 0 Å². The Labute approximate surface area is 173 Å². The number of fused-ring (bicyclic) bond motifs is 1. The van der Waals surface area contributed by atoms with Crippen LogP contribution in [0, 0.1) is 6.92 Å². The van der Waals surface area contributed by atoms with Crippen LogP contribution in [0.15, 0.2) is 45.6 Å². The number of amides is 1. The predicted octanol–water partition coefficient (Wildman–Crippen LogP) is 3.67. The van der Waals surface area contributed by atoms with Crippen LogP contribution < -0.4 is 20.4 Å². The Bertz CT molecular complexity index is 1110. The molecule has 0 saturated heterocycles. The Morgan fingerprint density at radius 1 is 1.17 bits per heavy atom. The van der Waals surface area contributed by atoms with Gasteiger partial charge in [-0.15, -0.1) is 0 Å². The Morgan fingerprint density at radius 2 is 1.97 bits per heavy atom. The van der Waals surface area contributed by atoms with Gasteiger partial charge in [-0.2, -0.15) is 0 Å². The summed E-state index contributed by atoms with van der Waals surface area (Å²) in [5, 5.41) is 3.93. The molecule has 1 N–H and O–H groups in total. The van der Waals surface area contributed by atoms with Crippen molar-refractivity contribution in [2.75, 3.05) is 20.8 Å². The van der Waals surface area contributed by atoms with Crippen molar-refractivity contribution >= 4 is 28.5 Å². The summed E-state index contributed by atoms with van der Waals surface area (Å²) in [6, 6.07) is 10.9. The van der Waals surface area contributed by atoms with Crippen molar-refractivity contribution in [2.24, 2.45) is 0 Å². The third kappa shape index (κ3) is 4.71. The van der Waals surface area contributed by atoms with E-state index in [-0.39, 0.29) is 12.3 Å². The number of aryl methyl sites for hydroxylation is 1. The first kappa shape index (κ1) is 20.7. The van der Waals surface area contributed by atoms with E-state index < -0.39 is 5.63 Å². The number of benzene rings is 2. The summed E-state index contributed by atoms with van der Waals surface area (Å²) < 4.78 is 15.7. The van der Waals surface area contributed by atoms with Crippen molar-refractivity contribution in [1.82, 2.24) is 5.32 Å². The van der Waals surface area contributed by atoms with Crippen molar-refractivity contribution in [1.29, 1.82) is 0 Å². The first-order valence-corrected chi connectivity index (χ1v) is 9.50. The standard InChI is InChI=1S/C22H22ClNO5/c1-13-16-10-18(23)20(28-3)12-19(16)29-22(26)17(13)11-21(25)24-8-7-14-5-4-6-15(9-14)27-2/h4-6,9-10,12H,7-8,11H2,1-3H3,(H,24,25). The van der Waals surface area contributed by atoms with Gasteiger partial charge in [-0.05, 0) is 42.7 Å². The van der Waals surface area contributed by atoms with Gasteiger partial charge in [0, 0.05) is 18.0 Å². The lowest BCUT2D eigenvalue weighted by Gasteiger charge is -2.11. The average Bonchev–Trinajstić information content (AvgIpc) is 2.71. The Kier molecular flexibility index (Phi) is 6.44. The molecule has 0 bridgehead atoms. The van der Waals surface area contributed by atoms with E-state index in [2.05, 4.69) is 5.32 Å². The molecule has 0 aliphatic heterocycles. The molecule has 29 heavy (non-hydrogen) atoms. The van der Waals surface area contributed by atoms with Gasteiger partial charge in [0.1, 0.15) is 17.1 Å². The van der Waals surface area contributed by atoms with Crippen LogP contribution >= 0.6 is 11.6 Å². The summed E-state index contributed by atoms with van der Waals surface area (Å²) >= 11 is 6.19. The minimum absolute atomic E-state index is 0.0636. The van der Waals surface area contributed by atoms with Gasteiger partial charge < -0.3 is 19.2 Å². The highest BCUT2D eigenvalue weighted by Crippen LogP contribution is 2.31. The molecule has 0 atom stereocenters. The van der Waals surface area contributed by atoms with Crippen LogP contribution in [0.25, 0.3) is 11.0 Å². The zero-order chi connectivity index (χ0) is 21.0. The second-order valence-electron chi connectivity index (χ2n) is 6.60. The van der Waals surface area contributed by atoms with E-state index in [1.54, 1.807) is 26.2 Å². The van der Waals surface area contributed by atoms with E-state index in [1.165, 1.54) is 7.11 Å². The molecule has 6 nitrogen and oxygen atoms in total. The molecule has 0 unspecified atom stereocenters. The molecule has 1 heterocycles. The van der Waals surface area contributed by atoms with E-state index in [0.717, 1.165) is 11.3 Å². The summed E-state index contributed by atoms with van der Waals surface area (Å²) in [5.41, 5.74) is 1.87. The third-order valence-electron chi connectivity index (χ3n) is 4.77. The first-order chi connectivity index (χ1) is 13.9. The zero-order valence-electron chi connectivity index (χ0n) is 16.5. The van der Waals surface area contributed by atoms with Crippen LogP contribution in [0.5, 0.6) is 11.5 Å². The quantitative estimate of drug-likeness (QED) is 0.596. The summed E-state index contributed by atoms with van der Waals surface area (Å²) in [4.78, 5) is 24.8. The summed E-state index contributed by atoms with van der Waals surface area (Å²) in [6.07, 6.45) is 0.593. The van der Waals surface area contributed by atoms with Crippen LogP contribution in [-0.2, 0) is 17.6 Å². The highest BCUT2D eigenvalue weighted by Gasteiger charge is 2.16. The lowest BCUT2D eigenvalue weighted by Crippen LogP contribution is -2.29. The number of halogens is 1. The fourth-order valence-corrected chi connectivity index (χ4v) is 3.39. The Balaban J connectivity index is 1.72. The Hall–Kier alpha value is -2.99. The molecule has 0 spiro atoms. The monoisotopic (exact) mass is 415 g/mol. The fourth-order valence-electron chi connectivity index (χ4n) is 3.15.